The fourth-order valence-electron chi connectivity index (χ4n) is 1.83. The summed E-state index contributed by atoms with van der Waals surface area (Å²) in [7, 11) is -3.20. The first-order valence-corrected chi connectivity index (χ1v) is 7.82. The average molecular weight is 305 g/mol. The monoisotopic (exact) mass is 304 g/mol. The summed E-state index contributed by atoms with van der Waals surface area (Å²) in [5.74, 6) is -0.289. The molecule has 0 aromatic carbocycles. The van der Waals surface area contributed by atoms with E-state index in [1.807, 2.05) is 0 Å². The number of halogens is 1. The van der Waals surface area contributed by atoms with Crippen LogP contribution in [0.1, 0.15) is 10.5 Å². The Bertz CT molecular complexity index is 584. The molecule has 0 aliphatic carbocycles. The second-order valence-corrected chi connectivity index (χ2v) is 6.55. The molecule has 19 heavy (non-hydrogen) atoms. The number of carbonyl (C=O) groups excluding carboxylic acids is 1. The molecular weight excluding hydrogens is 292 g/mol. The average Bonchev–Trinajstić information content (AvgIpc) is 2.37. The van der Waals surface area contributed by atoms with Crippen LogP contribution in [0.4, 0.5) is 0 Å². The Morgan fingerprint density at radius 2 is 1.89 bits per heavy atom. The van der Waals surface area contributed by atoms with Crippen molar-refractivity contribution in [1.82, 2.24) is 19.2 Å². The van der Waals surface area contributed by atoms with Crippen LogP contribution in [0.3, 0.4) is 0 Å². The Kier molecular flexibility index (Phi) is 4.02. The van der Waals surface area contributed by atoms with Gasteiger partial charge in [0.05, 0.1) is 18.6 Å². The number of hydrogen-bond acceptors (Lipinski definition) is 5. The van der Waals surface area contributed by atoms with E-state index in [1.54, 1.807) is 4.90 Å². The minimum absolute atomic E-state index is 0.153. The molecule has 1 aliphatic rings. The van der Waals surface area contributed by atoms with Crippen molar-refractivity contribution < 1.29 is 13.2 Å². The van der Waals surface area contributed by atoms with Crippen molar-refractivity contribution in [3.63, 3.8) is 0 Å². The van der Waals surface area contributed by atoms with Crippen LogP contribution in [0.15, 0.2) is 12.4 Å². The Morgan fingerprint density at radius 3 is 2.42 bits per heavy atom. The van der Waals surface area contributed by atoms with Crippen molar-refractivity contribution >= 4 is 27.5 Å². The van der Waals surface area contributed by atoms with Crippen LogP contribution in [0.5, 0.6) is 0 Å². The summed E-state index contributed by atoms with van der Waals surface area (Å²) in [6.45, 7) is 1.25. The summed E-state index contributed by atoms with van der Waals surface area (Å²) in [5.41, 5.74) is 0.167. The first-order chi connectivity index (χ1) is 8.88. The molecule has 1 saturated heterocycles. The van der Waals surface area contributed by atoms with Crippen molar-refractivity contribution in [2.24, 2.45) is 0 Å². The normalized spacial score (nSPS) is 17.5. The summed E-state index contributed by atoms with van der Waals surface area (Å²) in [6, 6.07) is 0. The second-order valence-electron chi connectivity index (χ2n) is 4.18. The fraction of sp³-hybridized carbons (Fsp3) is 0.500. The van der Waals surface area contributed by atoms with E-state index < -0.39 is 10.0 Å². The van der Waals surface area contributed by atoms with Gasteiger partial charge < -0.3 is 4.90 Å². The SMILES string of the molecule is CS(=O)(=O)N1CCN(C(=O)c2cncc(Cl)n2)CC1. The molecule has 1 fully saturated rings. The van der Waals surface area contributed by atoms with Gasteiger partial charge in [-0.1, -0.05) is 11.6 Å². The largest absolute Gasteiger partial charge is 0.335 e. The summed E-state index contributed by atoms with van der Waals surface area (Å²) in [4.78, 5) is 21.4. The highest BCUT2D eigenvalue weighted by molar-refractivity contribution is 7.88. The van der Waals surface area contributed by atoms with Crippen LogP contribution in [-0.4, -0.2) is 65.9 Å². The molecule has 2 heterocycles. The first-order valence-electron chi connectivity index (χ1n) is 5.60. The van der Waals surface area contributed by atoms with E-state index >= 15 is 0 Å². The van der Waals surface area contributed by atoms with E-state index in [0.717, 1.165) is 6.26 Å². The van der Waals surface area contributed by atoms with Crippen molar-refractivity contribution in [3.05, 3.63) is 23.2 Å². The van der Waals surface area contributed by atoms with Gasteiger partial charge >= 0.3 is 0 Å². The Morgan fingerprint density at radius 1 is 1.26 bits per heavy atom. The maximum atomic E-state index is 12.1. The van der Waals surface area contributed by atoms with E-state index in [1.165, 1.54) is 16.7 Å². The Balaban J connectivity index is 2.04. The predicted molar refractivity (Wildman–Crippen MR) is 69.4 cm³/mol. The van der Waals surface area contributed by atoms with E-state index in [9.17, 15) is 13.2 Å². The lowest BCUT2D eigenvalue weighted by molar-refractivity contribution is 0.0692. The maximum Gasteiger partial charge on any atom is 0.274 e. The Labute approximate surface area is 116 Å². The van der Waals surface area contributed by atoms with Crippen molar-refractivity contribution in [3.8, 4) is 0 Å². The topological polar surface area (TPSA) is 83.5 Å². The van der Waals surface area contributed by atoms with Gasteiger partial charge in [-0.05, 0) is 0 Å². The summed E-state index contributed by atoms with van der Waals surface area (Å²) in [5, 5.41) is 0.153. The van der Waals surface area contributed by atoms with Crippen LogP contribution in [0, 0.1) is 0 Å². The summed E-state index contributed by atoms with van der Waals surface area (Å²) >= 11 is 5.68. The van der Waals surface area contributed by atoms with Crippen LogP contribution in [-0.2, 0) is 10.0 Å². The second kappa shape index (κ2) is 5.40. The molecule has 1 amide bonds. The third-order valence-electron chi connectivity index (χ3n) is 2.82. The van der Waals surface area contributed by atoms with Gasteiger partial charge in [-0.3, -0.25) is 9.78 Å². The highest BCUT2D eigenvalue weighted by Gasteiger charge is 2.27. The van der Waals surface area contributed by atoms with Gasteiger partial charge in [0.2, 0.25) is 10.0 Å². The number of amides is 1. The molecule has 104 valence electrons. The molecule has 1 aromatic rings. The minimum Gasteiger partial charge on any atom is -0.335 e. The number of rotatable bonds is 2. The molecule has 1 aromatic heterocycles. The third kappa shape index (κ3) is 3.40. The van der Waals surface area contributed by atoms with Crippen LogP contribution in [0.2, 0.25) is 5.15 Å². The lowest BCUT2D eigenvalue weighted by Crippen LogP contribution is -2.50. The molecule has 0 unspecified atom stereocenters. The van der Waals surface area contributed by atoms with Crippen LogP contribution in [0.25, 0.3) is 0 Å². The van der Waals surface area contributed by atoms with Crippen molar-refractivity contribution in [1.29, 1.82) is 0 Å². The molecule has 0 radical (unpaired) electrons. The number of carbonyl (C=O) groups is 1. The van der Waals surface area contributed by atoms with Gasteiger partial charge in [-0.2, -0.15) is 4.31 Å². The molecule has 1 aliphatic heterocycles. The van der Waals surface area contributed by atoms with Gasteiger partial charge in [-0.25, -0.2) is 13.4 Å². The highest BCUT2D eigenvalue weighted by atomic mass is 35.5. The van der Waals surface area contributed by atoms with E-state index in [4.69, 9.17) is 11.6 Å². The third-order valence-corrected chi connectivity index (χ3v) is 4.30. The zero-order valence-corrected chi connectivity index (χ0v) is 11.9. The summed E-state index contributed by atoms with van der Waals surface area (Å²) < 4.78 is 24.1. The summed E-state index contributed by atoms with van der Waals surface area (Å²) in [6.07, 6.45) is 3.85. The van der Waals surface area contributed by atoms with Gasteiger partial charge in [-0.15, -0.1) is 0 Å². The van der Waals surface area contributed by atoms with Gasteiger partial charge in [0.25, 0.3) is 5.91 Å². The van der Waals surface area contributed by atoms with Crippen LogP contribution >= 0.6 is 11.6 Å². The molecule has 2 rings (SSSR count). The molecule has 9 heteroatoms. The molecular formula is C10H13ClN4O3S. The van der Waals surface area contributed by atoms with E-state index in [0.29, 0.717) is 26.2 Å². The lowest BCUT2D eigenvalue weighted by Gasteiger charge is -2.32. The smallest absolute Gasteiger partial charge is 0.274 e. The fourth-order valence-corrected chi connectivity index (χ4v) is 2.80. The quantitative estimate of drug-likeness (QED) is 0.758. The highest BCUT2D eigenvalue weighted by Crippen LogP contribution is 2.10. The first kappa shape index (κ1) is 14.2. The van der Waals surface area contributed by atoms with Gasteiger partial charge in [0, 0.05) is 26.2 Å². The zero-order chi connectivity index (χ0) is 14.0. The minimum atomic E-state index is -3.20. The maximum absolute atomic E-state index is 12.1. The van der Waals surface area contributed by atoms with Crippen LogP contribution < -0.4 is 0 Å². The molecule has 0 N–H and O–H groups in total. The number of aromatic nitrogens is 2. The number of hydrogen-bond donors (Lipinski definition) is 0. The standard InChI is InChI=1S/C10H13ClN4O3S/c1-19(17,18)15-4-2-14(3-5-15)10(16)8-6-12-7-9(11)13-8/h6-7H,2-5H2,1H3. The molecule has 0 atom stereocenters. The van der Waals surface area contributed by atoms with E-state index in [-0.39, 0.29) is 16.8 Å². The zero-order valence-electron chi connectivity index (χ0n) is 10.3. The van der Waals surface area contributed by atoms with Crippen molar-refractivity contribution in [2.75, 3.05) is 32.4 Å². The van der Waals surface area contributed by atoms with Crippen molar-refractivity contribution in [2.45, 2.75) is 0 Å². The van der Waals surface area contributed by atoms with E-state index in [2.05, 4.69) is 9.97 Å². The molecule has 7 nitrogen and oxygen atoms in total. The molecule has 0 spiro atoms. The van der Waals surface area contributed by atoms with Gasteiger partial charge in [0.1, 0.15) is 10.8 Å². The number of sulfonamides is 1. The molecule has 0 saturated carbocycles. The molecule has 0 bridgehead atoms. The predicted octanol–water partition coefficient (Wildman–Crippen LogP) is -0.153. The Hall–Kier alpha value is -1.25. The van der Waals surface area contributed by atoms with Gasteiger partial charge in [0.15, 0.2) is 0 Å². The lowest BCUT2D eigenvalue weighted by atomic mass is 10.3. The number of nitrogens with zero attached hydrogens (tertiary/aromatic N) is 4. The number of piperazine rings is 1.